The highest BCUT2D eigenvalue weighted by Crippen LogP contribution is 2.21. The van der Waals surface area contributed by atoms with E-state index in [9.17, 15) is 4.79 Å². The van der Waals surface area contributed by atoms with Crippen molar-refractivity contribution < 1.29 is 9.90 Å². The first-order chi connectivity index (χ1) is 8.60. The van der Waals surface area contributed by atoms with Crippen molar-refractivity contribution in [2.24, 2.45) is 5.41 Å². The van der Waals surface area contributed by atoms with Crippen molar-refractivity contribution in [3.8, 4) is 0 Å². The fourth-order valence-corrected chi connectivity index (χ4v) is 1.52. The zero-order valence-electron chi connectivity index (χ0n) is 12.5. The molecule has 0 saturated heterocycles. The van der Waals surface area contributed by atoms with E-state index < -0.39 is 5.97 Å². The van der Waals surface area contributed by atoms with Gasteiger partial charge in [-0.1, -0.05) is 20.8 Å². The lowest BCUT2D eigenvalue weighted by Crippen LogP contribution is -2.05. The van der Waals surface area contributed by atoms with Gasteiger partial charge in [0.05, 0.1) is 0 Å². The van der Waals surface area contributed by atoms with E-state index in [1.165, 1.54) is 0 Å². The molecule has 0 saturated carbocycles. The number of aromatic nitrogens is 2. The fraction of sp³-hybridized carbons (Fsp3) is 0.643. The van der Waals surface area contributed by atoms with E-state index in [-0.39, 0.29) is 5.41 Å². The molecule has 0 radical (unpaired) electrons. The van der Waals surface area contributed by atoms with Crippen LogP contribution in [0.1, 0.15) is 51.6 Å². The minimum atomic E-state index is -0.691. The molecule has 0 aliphatic heterocycles. The van der Waals surface area contributed by atoms with Crippen molar-refractivity contribution in [2.75, 3.05) is 5.73 Å². The van der Waals surface area contributed by atoms with Crippen LogP contribution in [0.4, 0.5) is 5.82 Å². The number of carboxylic acid groups (broad SMARTS) is 1. The molecule has 0 fully saturated rings. The van der Waals surface area contributed by atoms with Crippen LogP contribution < -0.4 is 5.73 Å². The lowest BCUT2D eigenvalue weighted by atomic mass is 9.90. The molecule has 1 aromatic rings. The number of carboxylic acids is 1. The maximum Gasteiger partial charge on any atom is 0.303 e. The molecule has 0 bridgehead atoms. The molecule has 0 unspecified atom stereocenters. The van der Waals surface area contributed by atoms with E-state index in [4.69, 9.17) is 10.8 Å². The Kier molecular flexibility index (Phi) is 7.04. The minimum absolute atomic E-state index is 0.273. The summed E-state index contributed by atoms with van der Waals surface area (Å²) in [5.74, 6) is 0.580. The summed E-state index contributed by atoms with van der Waals surface area (Å²) in [6, 6.07) is 1.74. The number of nitrogen functional groups attached to an aromatic ring is 1. The molecular weight excluding hydrogens is 242 g/mol. The summed E-state index contributed by atoms with van der Waals surface area (Å²) in [4.78, 5) is 18.0. The number of aryl methyl sites for hydroxylation is 2. The molecule has 1 aromatic heterocycles. The number of hydrogen-bond acceptors (Lipinski definition) is 4. The van der Waals surface area contributed by atoms with Crippen LogP contribution in [0, 0.1) is 19.3 Å². The van der Waals surface area contributed by atoms with Crippen LogP contribution in [0.15, 0.2) is 6.07 Å². The van der Waals surface area contributed by atoms with Gasteiger partial charge in [0.2, 0.25) is 0 Å². The first-order valence-corrected chi connectivity index (χ1v) is 6.40. The van der Waals surface area contributed by atoms with Crippen molar-refractivity contribution in [1.29, 1.82) is 0 Å². The summed E-state index contributed by atoms with van der Waals surface area (Å²) in [5.41, 5.74) is 6.60. The largest absolute Gasteiger partial charge is 0.481 e. The van der Waals surface area contributed by atoms with Gasteiger partial charge < -0.3 is 10.8 Å². The predicted molar refractivity (Wildman–Crippen MR) is 76.9 cm³/mol. The van der Waals surface area contributed by atoms with E-state index in [0.717, 1.165) is 24.4 Å². The van der Waals surface area contributed by atoms with E-state index in [1.807, 2.05) is 13.8 Å². The van der Waals surface area contributed by atoms with Crippen LogP contribution in [-0.2, 0) is 4.79 Å². The summed E-state index contributed by atoms with van der Waals surface area (Å²) in [6.07, 6.45) is 2.08. The zero-order valence-corrected chi connectivity index (χ0v) is 12.5. The van der Waals surface area contributed by atoms with E-state index in [0.29, 0.717) is 12.2 Å². The molecule has 1 rings (SSSR count). The molecule has 0 spiro atoms. The van der Waals surface area contributed by atoms with Crippen molar-refractivity contribution in [3.63, 3.8) is 0 Å². The number of carbonyl (C=O) groups is 1. The molecule has 3 N–H and O–H groups in total. The van der Waals surface area contributed by atoms with Crippen LogP contribution >= 0.6 is 0 Å². The smallest absolute Gasteiger partial charge is 0.303 e. The SMILES string of the molecule is CC(C)(C)CCCC(=O)O.Cc1cc(N)nc(C)n1. The standard InChI is InChI=1S/C8H16O2.C6H9N3/c1-8(2,3)6-4-5-7(9)10;1-4-3-6(7)9-5(2)8-4/h4-6H2,1-3H3,(H,9,10);3H,1-2H3,(H2,7,8,9). The van der Waals surface area contributed by atoms with Crippen molar-refractivity contribution in [1.82, 2.24) is 9.97 Å². The van der Waals surface area contributed by atoms with Crippen LogP contribution in [0.5, 0.6) is 0 Å². The Morgan fingerprint density at radius 1 is 1.32 bits per heavy atom. The summed E-state index contributed by atoms with van der Waals surface area (Å²) in [5, 5.41) is 8.31. The summed E-state index contributed by atoms with van der Waals surface area (Å²) in [6.45, 7) is 10.1. The molecular formula is C14H25N3O2. The minimum Gasteiger partial charge on any atom is -0.481 e. The molecule has 1 heterocycles. The maximum atomic E-state index is 10.1. The van der Waals surface area contributed by atoms with Gasteiger partial charge in [0.15, 0.2) is 0 Å². The molecule has 5 nitrogen and oxygen atoms in total. The van der Waals surface area contributed by atoms with Gasteiger partial charge in [0, 0.05) is 18.2 Å². The van der Waals surface area contributed by atoms with E-state index in [2.05, 4.69) is 30.7 Å². The zero-order chi connectivity index (χ0) is 15.1. The van der Waals surface area contributed by atoms with Crippen LogP contribution in [-0.4, -0.2) is 21.0 Å². The third-order valence-electron chi connectivity index (χ3n) is 2.30. The molecule has 5 heteroatoms. The molecule has 19 heavy (non-hydrogen) atoms. The van der Waals surface area contributed by atoms with Gasteiger partial charge in [0.25, 0.3) is 0 Å². The number of nitrogens with zero attached hydrogens (tertiary/aromatic N) is 2. The van der Waals surface area contributed by atoms with Crippen LogP contribution in [0.2, 0.25) is 0 Å². The lowest BCUT2D eigenvalue weighted by molar-refractivity contribution is -0.137. The molecule has 0 aliphatic rings. The topological polar surface area (TPSA) is 89.1 Å². The molecule has 0 aromatic carbocycles. The van der Waals surface area contributed by atoms with Crippen LogP contribution in [0.3, 0.4) is 0 Å². The highest BCUT2D eigenvalue weighted by molar-refractivity contribution is 5.66. The Morgan fingerprint density at radius 3 is 2.26 bits per heavy atom. The Labute approximate surface area is 115 Å². The van der Waals surface area contributed by atoms with Crippen LogP contribution in [0.25, 0.3) is 0 Å². The predicted octanol–water partition coefficient (Wildman–Crippen LogP) is 2.96. The highest BCUT2D eigenvalue weighted by atomic mass is 16.4. The third kappa shape index (κ3) is 11.2. The normalized spacial score (nSPS) is 10.6. The third-order valence-corrected chi connectivity index (χ3v) is 2.30. The Balaban J connectivity index is 0.000000342. The van der Waals surface area contributed by atoms with E-state index in [1.54, 1.807) is 6.07 Å². The Morgan fingerprint density at radius 2 is 1.89 bits per heavy atom. The average molecular weight is 267 g/mol. The van der Waals surface area contributed by atoms with Gasteiger partial charge in [-0.25, -0.2) is 9.97 Å². The van der Waals surface area contributed by atoms with Gasteiger partial charge in [-0.2, -0.15) is 0 Å². The van der Waals surface area contributed by atoms with Gasteiger partial charge in [-0.15, -0.1) is 0 Å². The van der Waals surface area contributed by atoms with Crippen molar-refractivity contribution >= 4 is 11.8 Å². The Hall–Kier alpha value is -1.65. The lowest BCUT2D eigenvalue weighted by Gasteiger charge is -2.16. The van der Waals surface area contributed by atoms with Crippen molar-refractivity contribution in [2.45, 2.75) is 53.9 Å². The van der Waals surface area contributed by atoms with E-state index >= 15 is 0 Å². The fourth-order valence-electron chi connectivity index (χ4n) is 1.52. The second kappa shape index (κ2) is 7.71. The number of anilines is 1. The van der Waals surface area contributed by atoms with Gasteiger partial charge >= 0.3 is 5.97 Å². The second-order valence-corrected chi connectivity index (χ2v) is 5.79. The summed E-state index contributed by atoms with van der Waals surface area (Å²) < 4.78 is 0. The quantitative estimate of drug-likeness (QED) is 0.878. The number of rotatable bonds is 3. The molecule has 108 valence electrons. The second-order valence-electron chi connectivity index (χ2n) is 5.79. The first kappa shape index (κ1) is 17.4. The van der Waals surface area contributed by atoms with Crippen molar-refractivity contribution in [3.05, 3.63) is 17.6 Å². The number of aliphatic carboxylic acids is 1. The molecule has 0 atom stereocenters. The molecule has 0 amide bonds. The maximum absolute atomic E-state index is 10.1. The monoisotopic (exact) mass is 267 g/mol. The Bertz CT molecular complexity index is 361. The average Bonchev–Trinajstić information content (AvgIpc) is 2.12. The summed E-state index contributed by atoms with van der Waals surface area (Å²) in [7, 11) is 0. The number of hydrogen-bond donors (Lipinski definition) is 2. The van der Waals surface area contributed by atoms with Gasteiger partial charge in [-0.05, 0) is 32.1 Å². The summed E-state index contributed by atoms with van der Waals surface area (Å²) >= 11 is 0. The first-order valence-electron chi connectivity index (χ1n) is 6.40. The van der Waals surface area contributed by atoms with Gasteiger partial charge in [-0.3, -0.25) is 4.79 Å². The number of nitrogens with two attached hydrogens (primary N) is 1. The molecule has 0 aliphatic carbocycles. The van der Waals surface area contributed by atoms with Gasteiger partial charge in [0.1, 0.15) is 11.6 Å². The highest BCUT2D eigenvalue weighted by Gasteiger charge is 2.09.